The lowest BCUT2D eigenvalue weighted by atomic mass is 10.1. The summed E-state index contributed by atoms with van der Waals surface area (Å²) in [5, 5.41) is 8.36. The number of fused-ring (bicyclic) bond motifs is 1. The van der Waals surface area contributed by atoms with Gasteiger partial charge in [0, 0.05) is 17.5 Å². The maximum atomic E-state index is 12.8. The maximum absolute atomic E-state index is 12.8. The highest BCUT2D eigenvalue weighted by Gasteiger charge is 2.24. The van der Waals surface area contributed by atoms with Crippen molar-refractivity contribution in [2.75, 3.05) is 6.54 Å². The van der Waals surface area contributed by atoms with Gasteiger partial charge in [0.2, 0.25) is 0 Å². The maximum Gasteiger partial charge on any atom is 0.252 e. The van der Waals surface area contributed by atoms with Crippen LogP contribution in [0.25, 0.3) is 21.6 Å². The zero-order valence-electron chi connectivity index (χ0n) is 14.7. The standard InChI is InChI=1S/C19H22N4OS/c1-11(2)23-18-15(10-21-23)14(19(24)20-9-13-5-6-13)8-16(22-18)17-7-4-12(3)25-17/h4,7-8,10-11,13H,5-6,9H2,1-3H3,(H,20,24). The second-order valence-electron chi connectivity index (χ2n) is 7.04. The normalized spacial score (nSPS) is 14.4. The number of pyridine rings is 1. The molecule has 6 heteroatoms. The number of carbonyl (C=O) groups is 1. The van der Waals surface area contributed by atoms with E-state index in [1.807, 2.05) is 10.7 Å². The van der Waals surface area contributed by atoms with Gasteiger partial charge in [0.25, 0.3) is 5.91 Å². The zero-order chi connectivity index (χ0) is 17.6. The van der Waals surface area contributed by atoms with Crippen molar-refractivity contribution in [3.05, 3.63) is 34.8 Å². The first-order valence-corrected chi connectivity index (χ1v) is 9.58. The molecule has 0 unspecified atom stereocenters. The van der Waals surface area contributed by atoms with Crippen molar-refractivity contribution in [2.45, 2.75) is 39.7 Å². The number of aromatic nitrogens is 3. The minimum Gasteiger partial charge on any atom is -0.352 e. The molecule has 25 heavy (non-hydrogen) atoms. The number of nitrogens with one attached hydrogen (secondary N) is 1. The molecule has 0 saturated heterocycles. The third-order valence-corrected chi connectivity index (χ3v) is 5.56. The number of carbonyl (C=O) groups excluding carboxylic acids is 1. The quantitative estimate of drug-likeness (QED) is 0.747. The van der Waals surface area contributed by atoms with Crippen LogP contribution in [-0.4, -0.2) is 27.2 Å². The fourth-order valence-corrected chi connectivity index (χ4v) is 3.76. The topological polar surface area (TPSA) is 59.8 Å². The number of aryl methyl sites for hydroxylation is 1. The molecule has 4 rings (SSSR count). The molecule has 1 fully saturated rings. The Kier molecular flexibility index (Phi) is 4.07. The number of amides is 1. The highest BCUT2D eigenvalue weighted by molar-refractivity contribution is 7.15. The van der Waals surface area contributed by atoms with Gasteiger partial charge in [-0.15, -0.1) is 11.3 Å². The Morgan fingerprint density at radius 1 is 1.40 bits per heavy atom. The summed E-state index contributed by atoms with van der Waals surface area (Å²) < 4.78 is 1.89. The van der Waals surface area contributed by atoms with Crippen LogP contribution in [0.1, 0.15) is 48.0 Å². The van der Waals surface area contributed by atoms with Crippen LogP contribution in [0.15, 0.2) is 24.4 Å². The predicted molar refractivity (Wildman–Crippen MR) is 101 cm³/mol. The Labute approximate surface area is 151 Å². The van der Waals surface area contributed by atoms with Crippen LogP contribution < -0.4 is 5.32 Å². The first-order chi connectivity index (χ1) is 12.0. The first-order valence-electron chi connectivity index (χ1n) is 8.76. The molecule has 0 atom stereocenters. The van der Waals surface area contributed by atoms with E-state index in [0.717, 1.165) is 28.1 Å². The number of thiophene rings is 1. The van der Waals surface area contributed by atoms with Gasteiger partial charge in [-0.05, 0) is 57.7 Å². The molecule has 1 aliphatic carbocycles. The lowest BCUT2D eigenvalue weighted by molar-refractivity contribution is 0.0953. The van der Waals surface area contributed by atoms with E-state index in [-0.39, 0.29) is 11.9 Å². The van der Waals surface area contributed by atoms with E-state index in [0.29, 0.717) is 11.5 Å². The van der Waals surface area contributed by atoms with Gasteiger partial charge in [-0.2, -0.15) is 5.10 Å². The third-order valence-electron chi connectivity index (χ3n) is 4.54. The van der Waals surface area contributed by atoms with Crippen molar-refractivity contribution in [1.29, 1.82) is 0 Å². The number of rotatable bonds is 5. The minimum atomic E-state index is -0.0304. The van der Waals surface area contributed by atoms with Crippen molar-refractivity contribution in [2.24, 2.45) is 5.92 Å². The van der Waals surface area contributed by atoms with Crippen molar-refractivity contribution in [3.63, 3.8) is 0 Å². The summed E-state index contributed by atoms with van der Waals surface area (Å²) in [6.45, 7) is 6.98. The van der Waals surface area contributed by atoms with Gasteiger partial charge in [0.15, 0.2) is 5.65 Å². The molecule has 1 amide bonds. The van der Waals surface area contributed by atoms with Crippen LogP contribution >= 0.6 is 11.3 Å². The Morgan fingerprint density at radius 2 is 2.20 bits per heavy atom. The summed E-state index contributed by atoms with van der Waals surface area (Å²) in [6.07, 6.45) is 4.20. The Balaban J connectivity index is 1.82. The zero-order valence-corrected chi connectivity index (χ0v) is 15.6. The monoisotopic (exact) mass is 354 g/mol. The van der Waals surface area contributed by atoms with Gasteiger partial charge in [0.05, 0.1) is 27.7 Å². The lowest BCUT2D eigenvalue weighted by Crippen LogP contribution is -2.25. The molecule has 0 radical (unpaired) electrons. The van der Waals surface area contributed by atoms with Gasteiger partial charge < -0.3 is 5.32 Å². The van der Waals surface area contributed by atoms with Crippen LogP contribution in [0.4, 0.5) is 0 Å². The summed E-state index contributed by atoms with van der Waals surface area (Å²) in [4.78, 5) is 19.9. The molecule has 0 spiro atoms. The summed E-state index contributed by atoms with van der Waals surface area (Å²) in [5.74, 6) is 0.621. The highest BCUT2D eigenvalue weighted by Crippen LogP contribution is 2.31. The lowest BCUT2D eigenvalue weighted by Gasteiger charge is -2.10. The molecule has 1 saturated carbocycles. The molecule has 3 heterocycles. The largest absolute Gasteiger partial charge is 0.352 e. The van der Waals surface area contributed by atoms with Gasteiger partial charge in [-0.25, -0.2) is 9.67 Å². The van der Waals surface area contributed by atoms with E-state index >= 15 is 0 Å². The van der Waals surface area contributed by atoms with E-state index in [1.165, 1.54) is 17.7 Å². The molecule has 0 aromatic carbocycles. The van der Waals surface area contributed by atoms with Crippen LogP contribution in [0, 0.1) is 12.8 Å². The van der Waals surface area contributed by atoms with Crippen molar-refractivity contribution >= 4 is 28.3 Å². The molecule has 0 aliphatic heterocycles. The van der Waals surface area contributed by atoms with Crippen molar-refractivity contribution < 1.29 is 4.79 Å². The summed E-state index contributed by atoms with van der Waals surface area (Å²) in [7, 11) is 0. The Bertz CT molecular complexity index is 936. The molecule has 3 aromatic rings. The second-order valence-corrected chi connectivity index (χ2v) is 8.33. The average molecular weight is 354 g/mol. The van der Waals surface area contributed by atoms with Crippen LogP contribution in [0.5, 0.6) is 0 Å². The smallest absolute Gasteiger partial charge is 0.252 e. The predicted octanol–water partition coefficient (Wildman–Crippen LogP) is 4.19. The molecular formula is C19H22N4OS. The van der Waals surface area contributed by atoms with Crippen molar-refractivity contribution in [3.8, 4) is 10.6 Å². The van der Waals surface area contributed by atoms with Gasteiger partial charge in [0.1, 0.15) is 0 Å². The Morgan fingerprint density at radius 3 is 2.84 bits per heavy atom. The number of hydrogen-bond acceptors (Lipinski definition) is 4. The molecule has 5 nitrogen and oxygen atoms in total. The average Bonchev–Trinajstić information content (AvgIpc) is 3.15. The molecule has 0 bridgehead atoms. The minimum absolute atomic E-state index is 0.0304. The fraction of sp³-hybridized carbons (Fsp3) is 0.421. The van der Waals surface area contributed by atoms with Crippen LogP contribution in [0.2, 0.25) is 0 Å². The summed E-state index contributed by atoms with van der Waals surface area (Å²) >= 11 is 1.69. The van der Waals surface area contributed by atoms with Gasteiger partial charge >= 0.3 is 0 Å². The molecule has 130 valence electrons. The van der Waals surface area contributed by atoms with Gasteiger partial charge in [-0.3, -0.25) is 4.79 Å². The van der Waals surface area contributed by atoms with Crippen LogP contribution in [0.3, 0.4) is 0 Å². The van der Waals surface area contributed by atoms with Crippen molar-refractivity contribution in [1.82, 2.24) is 20.1 Å². The summed E-state index contributed by atoms with van der Waals surface area (Å²) in [5.41, 5.74) is 2.28. The Hall–Kier alpha value is -2.21. The SMILES string of the molecule is Cc1ccc(-c2cc(C(=O)NCC3CC3)c3cnn(C(C)C)c3n2)s1. The van der Waals surface area contributed by atoms with E-state index in [4.69, 9.17) is 4.98 Å². The molecule has 1 N–H and O–H groups in total. The van der Waals surface area contributed by atoms with E-state index in [9.17, 15) is 4.79 Å². The summed E-state index contributed by atoms with van der Waals surface area (Å²) in [6, 6.07) is 6.24. The number of nitrogens with zero attached hydrogens (tertiary/aromatic N) is 3. The molecular weight excluding hydrogens is 332 g/mol. The number of hydrogen-bond donors (Lipinski definition) is 1. The van der Waals surface area contributed by atoms with Crippen LogP contribution in [-0.2, 0) is 0 Å². The molecule has 3 aromatic heterocycles. The second kappa shape index (κ2) is 6.26. The highest BCUT2D eigenvalue weighted by atomic mass is 32.1. The van der Waals surface area contributed by atoms with E-state index in [1.54, 1.807) is 17.5 Å². The first kappa shape index (κ1) is 16.3. The fourth-order valence-electron chi connectivity index (χ4n) is 2.94. The third kappa shape index (κ3) is 3.18. The van der Waals surface area contributed by atoms with E-state index < -0.39 is 0 Å². The van der Waals surface area contributed by atoms with Gasteiger partial charge in [-0.1, -0.05) is 0 Å². The van der Waals surface area contributed by atoms with E-state index in [2.05, 4.69) is 43.3 Å². The molecule has 1 aliphatic rings.